The maximum atomic E-state index is 11.1. The maximum Gasteiger partial charge on any atom is 0.339 e. The minimum absolute atomic E-state index is 0.0241. The standard InChI is InChI=1S/C13H19ClN2O3/c1-4-19-7-10(8(2)3)15-12-9(13(17)18)5-6-11(14)16-12/h5-6,8,10H,4,7H2,1-3H3,(H,15,16)(H,17,18). The van der Waals surface area contributed by atoms with Gasteiger partial charge in [-0.15, -0.1) is 0 Å². The minimum atomic E-state index is -1.04. The molecule has 0 aliphatic rings. The molecule has 1 rings (SSSR count). The van der Waals surface area contributed by atoms with Gasteiger partial charge in [0.25, 0.3) is 0 Å². The molecule has 0 bridgehead atoms. The summed E-state index contributed by atoms with van der Waals surface area (Å²) in [6.07, 6.45) is 0. The normalized spacial score (nSPS) is 12.5. The lowest BCUT2D eigenvalue weighted by Crippen LogP contribution is -2.32. The van der Waals surface area contributed by atoms with E-state index in [9.17, 15) is 4.79 Å². The van der Waals surface area contributed by atoms with Crippen LogP contribution < -0.4 is 5.32 Å². The molecule has 0 fully saturated rings. The van der Waals surface area contributed by atoms with Gasteiger partial charge in [0, 0.05) is 6.61 Å². The van der Waals surface area contributed by atoms with Gasteiger partial charge in [0.1, 0.15) is 16.5 Å². The minimum Gasteiger partial charge on any atom is -0.478 e. The number of anilines is 1. The summed E-state index contributed by atoms with van der Waals surface area (Å²) in [5.74, 6) is -0.488. The van der Waals surface area contributed by atoms with Gasteiger partial charge in [-0.3, -0.25) is 0 Å². The molecule has 1 atom stereocenters. The highest BCUT2D eigenvalue weighted by molar-refractivity contribution is 6.29. The monoisotopic (exact) mass is 286 g/mol. The Hall–Kier alpha value is -1.33. The lowest BCUT2D eigenvalue weighted by Gasteiger charge is -2.23. The second kappa shape index (κ2) is 7.31. The van der Waals surface area contributed by atoms with Gasteiger partial charge in [-0.25, -0.2) is 9.78 Å². The number of carbonyl (C=O) groups is 1. The highest BCUT2D eigenvalue weighted by Gasteiger charge is 2.18. The van der Waals surface area contributed by atoms with Crippen molar-refractivity contribution in [3.05, 3.63) is 22.8 Å². The van der Waals surface area contributed by atoms with E-state index in [4.69, 9.17) is 21.4 Å². The summed E-state index contributed by atoms with van der Waals surface area (Å²) in [5.41, 5.74) is 0.103. The molecule has 0 saturated carbocycles. The third kappa shape index (κ3) is 4.69. The quantitative estimate of drug-likeness (QED) is 0.754. The van der Waals surface area contributed by atoms with Crippen molar-refractivity contribution in [2.75, 3.05) is 18.5 Å². The van der Waals surface area contributed by atoms with Crippen LogP contribution in [0.25, 0.3) is 0 Å². The molecule has 0 spiro atoms. The van der Waals surface area contributed by atoms with Crippen LogP contribution in [0, 0.1) is 5.92 Å². The van der Waals surface area contributed by atoms with Gasteiger partial charge in [-0.05, 0) is 25.0 Å². The number of hydrogen-bond donors (Lipinski definition) is 2. The highest BCUT2D eigenvalue weighted by atomic mass is 35.5. The fourth-order valence-corrected chi connectivity index (χ4v) is 1.69. The third-order valence-electron chi connectivity index (χ3n) is 2.72. The van der Waals surface area contributed by atoms with Crippen LogP contribution in [-0.4, -0.2) is 35.3 Å². The average molecular weight is 287 g/mol. The van der Waals surface area contributed by atoms with Gasteiger partial charge in [0.2, 0.25) is 0 Å². The van der Waals surface area contributed by atoms with Crippen molar-refractivity contribution in [2.24, 2.45) is 5.92 Å². The summed E-state index contributed by atoms with van der Waals surface area (Å²) < 4.78 is 5.39. The largest absolute Gasteiger partial charge is 0.478 e. The van der Waals surface area contributed by atoms with Crippen LogP contribution >= 0.6 is 11.6 Å². The van der Waals surface area contributed by atoms with Crippen LogP contribution in [0.1, 0.15) is 31.1 Å². The zero-order valence-electron chi connectivity index (χ0n) is 11.3. The van der Waals surface area contributed by atoms with E-state index in [-0.39, 0.29) is 28.5 Å². The number of nitrogens with one attached hydrogen (secondary N) is 1. The lowest BCUT2D eigenvalue weighted by molar-refractivity contribution is 0.0697. The molecule has 106 valence electrons. The Kier molecular flexibility index (Phi) is 6.05. The fraction of sp³-hybridized carbons (Fsp3) is 0.538. The number of hydrogen-bond acceptors (Lipinski definition) is 4. The van der Waals surface area contributed by atoms with E-state index < -0.39 is 5.97 Å². The van der Waals surface area contributed by atoms with E-state index in [1.165, 1.54) is 12.1 Å². The molecule has 0 aliphatic carbocycles. The van der Waals surface area contributed by atoms with Crippen LogP contribution in [0.2, 0.25) is 5.15 Å². The maximum absolute atomic E-state index is 11.1. The van der Waals surface area contributed by atoms with Crippen LogP contribution in [0.5, 0.6) is 0 Å². The summed E-state index contributed by atoms with van der Waals surface area (Å²) in [4.78, 5) is 15.2. The van der Waals surface area contributed by atoms with E-state index in [0.717, 1.165) is 0 Å². The summed E-state index contributed by atoms with van der Waals surface area (Å²) in [7, 11) is 0. The first kappa shape index (κ1) is 15.7. The summed E-state index contributed by atoms with van der Waals surface area (Å²) in [5, 5.41) is 12.5. The van der Waals surface area contributed by atoms with E-state index in [2.05, 4.69) is 10.3 Å². The van der Waals surface area contributed by atoms with Gasteiger partial charge in [0.05, 0.1) is 12.6 Å². The predicted octanol–water partition coefficient (Wildman–Crippen LogP) is 2.91. The molecule has 0 amide bonds. The second-order valence-corrected chi connectivity index (χ2v) is 4.88. The lowest BCUT2D eigenvalue weighted by atomic mass is 10.1. The Bertz CT molecular complexity index is 438. The first-order valence-corrected chi connectivity index (χ1v) is 6.57. The van der Waals surface area contributed by atoms with Gasteiger partial charge < -0.3 is 15.2 Å². The van der Waals surface area contributed by atoms with E-state index in [1.807, 2.05) is 20.8 Å². The number of pyridine rings is 1. The van der Waals surface area contributed by atoms with Crippen molar-refractivity contribution in [3.8, 4) is 0 Å². The molecule has 0 saturated heterocycles. The second-order valence-electron chi connectivity index (χ2n) is 4.49. The Morgan fingerprint density at radius 2 is 2.21 bits per heavy atom. The molecule has 6 heteroatoms. The molecular weight excluding hydrogens is 268 g/mol. The van der Waals surface area contributed by atoms with Crippen LogP contribution in [0.4, 0.5) is 5.82 Å². The molecule has 0 aromatic carbocycles. The number of nitrogens with zero attached hydrogens (tertiary/aromatic N) is 1. The number of halogens is 1. The van der Waals surface area contributed by atoms with Crippen molar-refractivity contribution >= 4 is 23.4 Å². The zero-order chi connectivity index (χ0) is 14.4. The van der Waals surface area contributed by atoms with Crippen LogP contribution in [-0.2, 0) is 4.74 Å². The number of aromatic nitrogens is 1. The number of ether oxygens (including phenoxy) is 1. The van der Waals surface area contributed by atoms with E-state index in [1.54, 1.807) is 0 Å². The van der Waals surface area contributed by atoms with Gasteiger partial charge >= 0.3 is 5.97 Å². The number of aromatic carboxylic acids is 1. The Labute approximate surface area is 117 Å². The van der Waals surface area contributed by atoms with Crippen molar-refractivity contribution in [1.29, 1.82) is 0 Å². The zero-order valence-corrected chi connectivity index (χ0v) is 12.1. The molecular formula is C13H19ClN2O3. The molecule has 1 heterocycles. The molecule has 1 aromatic heterocycles. The number of carboxylic acid groups (broad SMARTS) is 1. The predicted molar refractivity (Wildman–Crippen MR) is 74.9 cm³/mol. The molecule has 5 nitrogen and oxygen atoms in total. The molecule has 19 heavy (non-hydrogen) atoms. The highest BCUT2D eigenvalue weighted by Crippen LogP contribution is 2.19. The van der Waals surface area contributed by atoms with Crippen molar-refractivity contribution < 1.29 is 14.6 Å². The van der Waals surface area contributed by atoms with Gasteiger partial charge in [-0.1, -0.05) is 25.4 Å². The van der Waals surface area contributed by atoms with Crippen molar-refractivity contribution in [2.45, 2.75) is 26.8 Å². The fourth-order valence-electron chi connectivity index (χ4n) is 1.54. The summed E-state index contributed by atoms with van der Waals surface area (Å²) >= 11 is 5.81. The number of rotatable bonds is 7. The first-order valence-electron chi connectivity index (χ1n) is 6.19. The van der Waals surface area contributed by atoms with Crippen molar-refractivity contribution in [3.63, 3.8) is 0 Å². The molecule has 1 unspecified atom stereocenters. The van der Waals surface area contributed by atoms with Gasteiger partial charge in [0.15, 0.2) is 0 Å². The molecule has 0 radical (unpaired) electrons. The molecule has 2 N–H and O–H groups in total. The number of carboxylic acids is 1. The molecule has 0 aliphatic heterocycles. The topological polar surface area (TPSA) is 71.5 Å². The van der Waals surface area contributed by atoms with Crippen molar-refractivity contribution in [1.82, 2.24) is 4.98 Å². The van der Waals surface area contributed by atoms with Gasteiger partial charge in [-0.2, -0.15) is 0 Å². The third-order valence-corrected chi connectivity index (χ3v) is 2.93. The SMILES string of the molecule is CCOCC(Nc1nc(Cl)ccc1C(=O)O)C(C)C. The Balaban J connectivity index is 2.94. The summed E-state index contributed by atoms with van der Waals surface area (Å²) in [6, 6.07) is 2.88. The molecule has 1 aromatic rings. The summed E-state index contributed by atoms with van der Waals surface area (Å²) in [6.45, 7) is 7.07. The van der Waals surface area contributed by atoms with E-state index >= 15 is 0 Å². The first-order chi connectivity index (χ1) is 8.95. The smallest absolute Gasteiger partial charge is 0.339 e. The average Bonchev–Trinajstić information content (AvgIpc) is 2.33. The Morgan fingerprint density at radius 3 is 2.74 bits per heavy atom. The van der Waals surface area contributed by atoms with Crippen LogP contribution in [0.15, 0.2) is 12.1 Å². The Morgan fingerprint density at radius 1 is 1.53 bits per heavy atom. The van der Waals surface area contributed by atoms with Crippen LogP contribution in [0.3, 0.4) is 0 Å². The van der Waals surface area contributed by atoms with E-state index in [0.29, 0.717) is 13.2 Å².